The molecule has 18 heavy (non-hydrogen) atoms. The monoisotopic (exact) mass is 312 g/mol. The molecule has 0 aliphatic carbocycles. The molecule has 0 aliphatic heterocycles. The van der Waals surface area contributed by atoms with Gasteiger partial charge < -0.3 is 9.84 Å². The number of aromatic carboxylic acids is 1. The third-order valence-corrected chi connectivity index (χ3v) is 2.59. The highest BCUT2D eigenvalue weighted by molar-refractivity contribution is 9.10. The van der Waals surface area contributed by atoms with Crippen LogP contribution in [0.3, 0.4) is 0 Å². The Labute approximate surface area is 109 Å². The van der Waals surface area contributed by atoms with Crippen LogP contribution in [0.2, 0.25) is 0 Å². The fourth-order valence-corrected chi connectivity index (χ4v) is 1.59. The normalized spacial score (nSPS) is 10.1. The molecule has 0 atom stereocenters. The fraction of sp³-hybridized carbons (Fsp3) is 0. The van der Waals surface area contributed by atoms with E-state index in [0.29, 0.717) is 10.2 Å². The van der Waals surface area contributed by atoms with Crippen LogP contribution in [0.5, 0.6) is 11.6 Å². The number of carboxylic acid groups (broad SMARTS) is 1. The molecule has 1 heterocycles. The van der Waals surface area contributed by atoms with Crippen LogP contribution in [0.25, 0.3) is 0 Å². The maximum Gasteiger partial charge on any atom is 0.356 e. The first kappa shape index (κ1) is 12.4. The number of nitrogens with zero attached hydrogens (tertiary/aromatic N) is 2. The lowest BCUT2D eigenvalue weighted by atomic mass is 10.3. The topological polar surface area (TPSA) is 72.3 Å². The van der Waals surface area contributed by atoms with Gasteiger partial charge in [0.15, 0.2) is 5.69 Å². The molecular weight excluding hydrogens is 307 g/mol. The predicted octanol–water partition coefficient (Wildman–Crippen LogP) is 2.87. The Hall–Kier alpha value is -2.02. The predicted molar refractivity (Wildman–Crippen MR) is 63.2 cm³/mol. The Bertz CT molecular complexity index is 589. The second-order valence-corrected chi connectivity index (χ2v) is 4.09. The van der Waals surface area contributed by atoms with Gasteiger partial charge in [0.1, 0.15) is 11.6 Å². The number of carboxylic acids is 1. The van der Waals surface area contributed by atoms with E-state index in [1.165, 1.54) is 30.3 Å². The zero-order valence-corrected chi connectivity index (χ0v) is 10.4. The SMILES string of the molecule is O=C(O)c1ccc(Oc2ccc(F)cc2Br)nn1. The van der Waals surface area contributed by atoms with Crippen molar-refractivity contribution in [3.63, 3.8) is 0 Å². The molecule has 0 bridgehead atoms. The first-order valence-electron chi connectivity index (χ1n) is 4.76. The molecule has 5 nitrogen and oxygen atoms in total. The summed E-state index contributed by atoms with van der Waals surface area (Å²) in [7, 11) is 0. The van der Waals surface area contributed by atoms with Gasteiger partial charge in [0.25, 0.3) is 0 Å². The van der Waals surface area contributed by atoms with E-state index in [1.807, 2.05) is 0 Å². The standard InChI is InChI=1S/C11H6BrFN2O3/c12-7-5-6(13)1-3-9(7)18-10-4-2-8(11(16)17)14-15-10/h1-5H,(H,16,17). The van der Waals surface area contributed by atoms with Gasteiger partial charge in [0.2, 0.25) is 5.88 Å². The van der Waals surface area contributed by atoms with E-state index in [1.54, 1.807) is 0 Å². The number of benzene rings is 1. The summed E-state index contributed by atoms with van der Waals surface area (Å²) < 4.78 is 18.6. The number of aromatic nitrogens is 2. The van der Waals surface area contributed by atoms with Crippen LogP contribution in [0, 0.1) is 5.82 Å². The minimum Gasteiger partial charge on any atom is -0.476 e. The number of hydrogen-bond acceptors (Lipinski definition) is 4. The molecule has 1 N–H and O–H groups in total. The minimum atomic E-state index is -1.17. The maximum absolute atomic E-state index is 12.8. The number of ether oxygens (including phenoxy) is 1. The largest absolute Gasteiger partial charge is 0.476 e. The summed E-state index contributed by atoms with van der Waals surface area (Å²) >= 11 is 3.13. The number of halogens is 2. The summed E-state index contributed by atoms with van der Waals surface area (Å²) in [6, 6.07) is 6.54. The molecule has 2 rings (SSSR count). The molecule has 0 amide bonds. The average molecular weight is 313 g/mol. The van der Waals surface area contributed by atoms with Crippen LogP contribution >= 0.6 is 15.9 Å². The van der Waals surface area contributed by atoms with Crippen molar-refractivity contribution in [3.8, 4) is 11.6 Å². The van der Waals surface area contributed by atoms with Gasteiger partial charge in [-0.05, 0) is 40.2 Å². The molecule has 0 radical (unpaired) electrons. The highest BCUT2D eigenvalue weighted by Gasteiger charge is 2.08. The molecule has 92 valence electrons. The quantitative estimate of drug-likeness (QED) is 0.943. The summed E-state index contributed by atoms with van der Waals surface area (Å²) in [6.07, 6.45) is 0. The van der Waals surface area contributed by atoms with Gasteiger partial charge in [-0.1, -0.05) is 0 Å². The molecule has 0 saturated carbocycles. The van der Waals surface area contributed by atoms with Crippen LogP contribution in [0.4, 0.5) is 4.39 Å². The van der Waals surface area contributed by atoms with Crippen LogP contribution < -0.4 is 4.74 Å². The van der Waals surface area contributed by atoms with Crippen molar-refractivity contribution in [1.29, 1.82) is 0 Å². The molecule has 7 heteroatoms. The molecule has 1 aromatic heterocycles. The lowest BCUT2D eigenvalue weighted by molar-refractivity contribution is 0.0689. The van der Waals surface area contributed by atoms with Gasteiger partial charge in [-0.15, -0.1) is 10.2 Å². The highest BCUT2D eigenvalue weighted by Crippen LogP contribution is 2.28. The van der Waals surface area contributed by atoms with Crippen LogP contribution in [-0.2, 0) is 0 Å². The summed E-state index contributed by atoms with van der Waals surface area (Å²) in [5.41, 5.74) is -0.180. The van der Waals surface area contributed by atoms with Crippen LogP contribution in [-0.4, -0.2) is 21.3 Å². The first-order valence-corrected chi connectivity index (χ1v) is 5.55. The smallest absolute Gasteiger partial charge is 0.356 e. The Morgan fingerprint density at radius 3 is 2.61 bits per heavy atom. The Morgan fingerprint density at radius 2 is 2.06 bits per heavy atom. The number of rotatable bonds is 3. The third-order valence-electron chi connectivity index (χ3n) is 1.97. The molecule has 0 saturated heterocycles. The molecular formula is C11H6BrFN2O3. The minimum absolute atomic E-state index is 0.118. The van der Waals surface area contributed by atoms with Gasteiger partial charge >= 0.3 is 5.97 Å². The zero-order chi connectivity index (χ0) is 13.1. The molecule has 0 fully saturated rings. The van der Waals surface area contributed by atoms with E-state index in [2.05, 4.69) is 26.1 Å². The number of hydrogen-bond donors (Lipinski definition) is 1. The maximum atomic E-state index is 12.8. The van der Waals surface area contributed by atoms with Crippen LogP contribution in [0.15, 0.2) is 34.8 Å². The Kier molecular flexibility index (Phi) is 3.52. The lowest BCUT2D eigenvalue weighted by Crippen LogP contribution is -2.02. The van der Waals surface area contributed by atoms with E-state index >= 15 is 0 Å². The van der Waals surface area contributed by atoms with E-state index < -0.39 is 11.8 Å². The van der Waals surface area contributed by atoms with Crippen molar-refractivity contribution >= 4 is 21.9 Å². The van der Waals surface area contributed by atoms with Crippen molar-refractivity contribution in [2.24, 2.45) is 0 Å². The third kappa shape index (κ3) is 2.80. The van der Waals surface area contributed by atoms with Crippen molar-refractivity contribution in [3.05, 3.63) is 46.3 Å². The first-order chi connectivity index (χ1) is 8.56. The Balaban J connectivity index is 2.21. The summed E-state index contributed by atoms with van der Waals surface area (Å²) in [5, 5.41) is 15.7. The average Bonchev–Trinajstić information content (AvgIpc) is 2.33. The van der Waals surface area contributed by atoms with Gasteiger partial charge in [-0.25, -0.2) is 9.18 Å². The fourth-order valence-electron chi connectivity index (χ4n) is 1.16. The van der Waals surface area contributed by atoms with E-state index in [0.717, 1.165) is 0 Å². The van der Waals surface area contributed by atoms with E-state index in [4.69, 9.17) is 9.84 Å². The van der Waals surface area contributed by atoms with Crippen molar-refractivity contribution in [2.45, 2.75) is 0 Å². The summed E-state index contributed by atoms with van der Waals surface area (Å²) in [5.74, 6) is -1.10. The second-order valence-electron chi connectivity index (χ2n) is 3.24. The van der Waals surface area contributed by atoms with Gasteiger partial charge in [-0.3, -0.25) is 0 Å². The van der Waals surface area contributed by atoms with E-state index in [9.17, 15) is 9.18 Å². The second kappa shape index (κ2) is 5.09. The van der Waals surface area contributed by atoms with Gasteiger partial charge in [-0.2, -0.15) is 0 Å². The highest BCUT2D eigenvalue weighted by atomic mass is 79.9. The van der Waals surface area contributed by atoms with E-state index in [-0.39, 0.29) is 11.6 Å². The zero-order valence-electron chi connectivity index (χ0n) is 8.80. The molecule has 0 aliphatic rings. The van der Waals surface area contributed by atoms with Crippen molar-refractivity contribution in [1.82, 2.24) is 10.2 Å². The molecule has 1 aromatic carbocycles. The van der Waals surface area contributed by atoms with Crippen molar-refractivity contribution < 1.29 is 19.0 Å². The van der Waals surface area contributed by atoms with Gasteiger partial charge in [0.05, 0.1) is 4.47 Å². The van der Waals surface area contributed by atoms with Crippen molar-refractivity contribution in [2.75, 3.05) is 0 Å². The summed E-state index contributed by atoms with van der Waals surface area (Å²) in [6.45, 7) is 0. The van der Waals surface area contributed by atoms with Crippen LogP contribution in [0.1, 0.15) is 10.5 Å². The Morgan fingerprint density at radius 1 is 1.28 bits per heavy atom. The lowest BCUT2D eigenvalue weighted by Gasteiger charge is -2.05. The summed E-state index contributed by atoms with van der Waals surface area (Å²) in [4.78, 5) is 10.6. The molecule has 0 unspecified atom stereocenters. The van der Waals surface area contributed by atoms with Gasteiger partial charge in [0, 0.05) is 6.07 Å². The number of carbonyl (C=O) groups is 1. The molecule has 2 aromatic rings. The molecule has 0 spiro atoms.